The Balaban J connectivity index is 1.84. The molecule has 0 bridgehead atoms. The Labute approximate surface area is 123 Å². The Hall–Kier alpha value is -2.61. The minimum atomic E-state index is -0.223. The summed E-state index contributed by atoms with van der Waals surface area (Å²) in [6, 6.07) is 23.4. The Kier molecular flexibility index (Phi) is 2.74. The van der Waals surface area contributed by atoms with E-state index < -0.39 is 0 Å². The van der Waals surface area contributed by atoms with Crippen LogP contribution in [-0.2, 0) is 0 Å². The quantitative estimate of drug-likeness (QED) is 0.693. The molecule has 0 amide bonds. The number of para-hydroxylation sites is 1. The van der Waals surface area contributed by atoms with Crippen LogP contribution >= 0.6 is 0 Å². The van der Waals surface area contributed by atoms with Gasteiger partial charge in [0.2, 0.25) is 0 Å². The van der Waals surface area contributed by atoms with Crippen molar-refractivity contribution < 1.29 is 4.39 Å². The van der Waals surface area contributed by atoms with Gasteiger partial charge in [0, 0.05) is 0 Å². The third-order valence-electron chi connectivity index (χ3n) is 4.01. The van der Waals surface area contributed by atoms with E-state index in [0.717, 1.165) is 0 Å². The van der Waals surface area contributed by atoms with Gasteiger partial charge in [0.15, 0.2) is 0 Å². The van der Waals surface area contributed by atoms with Crippen LogP contribution in [-0.4, -0.2) is 0 Å². The maximum atomic E-state index is 13.9. The van der Waals surface area contributed by atoms with Crippen molar-refractivity contribution in [2.45, 2.75) is 6.04 Å². The zero-order chi connectivity index (χ0) is 14.2. The van der Waals surface area contributed by atoms with Gasteiger partial charge in [-0.15, -0.1) is 0 Å². The molecule has 4 rings (SSSR count). The molecule has 0 saturated heterocycles. The molecule has 0 aliphatic heterocycles. The normalized spacial score (nSPS) is 12.8. The monoisotopic (exact) mass is 275 g/mol. The second-order valence-corrected chi connectivity index (χ2v) is 5.23. The van der Waals surface area contributed by atoms with Crippen molar-refractivity contribution in [3.05, 3.63) is 89.7 Å². The van der Waals surface area contributed by atoms with Crippen LogP contribution < -0.4 is 5.32 Å². The van der Waals surface area contributed by atoms with Gasteiger partial charge in [0.1, 0.15) is 5.82 Å². The van der Waals surface area contributed by atoms with Gasteiger partial charge in [-0.1, -0.05) is 60.7 Å². The van der Waals surface area contributed by atoms with Crippen LogP contribution in [0.5, 0.6) is 0 Å². The second-order valence-electron chi connectivity index (χ2n) is 5.23. The molecule has 1 aliphatic rings. The molecule has 102 valence electrons. The lowest BCUT2D eigenvalue weighted by Gasteiger charge is -2.17. The van der Waals surface area contributed by atoms with Gasteiger partial charge in [-0.25, -0.2) is 4.39 Å². The Morgan fingerprint density at radius 3 is 1.81 bits per heavy atom. The number of benzene rings is 3. The van der Waals surface area contributed by atoms with E-state index in [0.29, 0.717) is 5.69 Å². The summed E-state index contributed by atoms with van der Waals surface area (Å²) in [6.45, 7) is 0. The van der Waals surface area contributed by atoms with E-state index in [-0.39, 0.29) is 11.9 Å². The molecule has 2 heteroatoms. The molecule has 0 atom stereocenters. The topological polar surface area (TPSA) is 12.0 Å². The highest BCUT2D eigenvalue weighted by Crippen LogP contribution is 2.44. The van der Waals surface area contributed by atoms with Crippen molar-refractivity contribution in [2.24, 2.45) is 0 Å². The highest BCUT2D eigenvalue weighted by Gasteiger charge is 2.28. The van der Waals surface area contributed by atoms with Crippen LogP contribution in [0.3, 0.4) is 0 Å². The maximum absolute atomic E-state index is 13.9. The van der Waals surface area contributed by atoms with E-state index >= 15 is 0 Å². The number of rotatable bonds is 2. The molecule has 21 heavy (non-hydrogen) atoms. The van der Waals surface area contributed by atoms with Crippen molar-refractivity contribution >= 4 is 5.69 Å². The number of anilines is 1. The standard InChI is InChI=1S/C19H14FN/c20-17-11-5-6-12-18(17)21-19-15-9-3-1-7-13(15)14-8-2-4-10-16(14)19/h1-12,19,21H. The van der Waals surface area contributed by atoms with Crippen molar-refractivity contribution in [2.75, 3.05) is 5.32 Å². The lowest BCUT2D eigenvalue weighted by Crippen LogP contribution is -2.10. The first-order valence-electron chi connectivity index (χ1n) is 7.04. The maximum Gasteiger partial charge on any atom is 0.146 e. The van der Waals surface area contributed by atoms with Crippen molar-refractivity contribution in [3.8, 4) is 11.1 Å². The molecular weight excluding hydrogens is 261 g/mol. The molecule has 3 aromatic carbocycles. The summed E-state index contributed by atoms with van der Waals surface area (Å²) >= 11 is 0. The first-order valence-corrected chi connectivity index (χ1v) is 7.04. The van der Waals surface area contributed by atoms with Crippen molar-refractivity contribution in [1.29, 1.82) is 0 Å². The smallest absolute Gasteiger partial charge is 0.146 e. The molecule has 0 radical (unpaired) electrons. The zero-order valence-electron chi connectivity index (χ0n) is 11.4. The molecule has 0 heterocycles. The molecule has 0 saturated carbocycles. The Morgan fingerprint density at radius 1 is 0.667 bits per heavy atom. The van der Waals surface area contributed by atoms with E-state index in [2.05, 4.69) is 29.6 Å². The van der Waals surface area contributed by atoms with E-state index in [1.54, 1.807) is 12.1 Å². The molecule has 0 aromatic heterocycles. The van der Waals surface area contributed by atoms with Crippen LogP contribution in [0.1, 0.15) is 17.2 Å². The van der Waals surface area contributed by atoms with Gasteiger partial charge in [-0.3, -0.25) is 0 Å². The van der Waals surface area contributed by atoms with Crippen LogP contribution in [0.25, 0.3) is 11.1 Å². The van der Waals surface area contributed by atoms with Crippen molar-refractivity contribution in [1.82, 2.24) is 0 Å². The van der Waals surface area contributed by atoms with E-state index in [9.17, 15) is 4.39 Å². The molecule has 1 N–H and O–H groups in total. The predicted octanol–water partition coefficient (Wildman–Crippen LogP) is 5.01. The van der Waals surface area contributed by atoms with E-state index in [1.807, 2.05) is 30.3 Å². The third kappa shape index (κ3) is 1.91. The fourth-order valence-electron chi connectivity index (χ4n) is 3.04. The zero-order valence-corrected chi connectivity index (χ0v) is 11.4. The average molecular weight is 275 g/mol. The minimum Gasteiger partial charge on any atom is -0.372 e. The number of hydrogen-bond donors (Lipinski definition) is 1. The van der Waals surface area contributed by atoms with Crippen LogP contribution in [0.15, 0.2) is 72.8 Å². The summed E-state index contributed by atoms with van der Waals surface area (Å²) in [5, 5.41) is 3.35. The largest absolute Gasteiger partial charge is 0.372 e. The first-order chi connectivity index (χ1) is 10.3. The highest BCUT2D eigenvalue weighted by atomic mass is 19.1. The summed E-state index contributed by atoms with van der Waals surface area (Å²) in [6.07, 6.45) is 0. The number of hydrogen-bond acceptors (Lipinski definition) is 1. The fourth-order valence-corrected chi connectivity index (χ4v) is 3.04. The molecule has 0 fully saturated rings. The molecule has 0 unspecified atom stereocenters. The SMILES string of the molecule is Fc1ccccc1NC1c2ccccc2-c2ccccc21. The number of fused-ring (bicyclic) bond motifs is 3. The Bertz CT molecular complexity index is 764. The van der Waals surface area contributed by atoms with Gasteiger partial charge < -0.3 is 5.32 Å². The van der Waals surface area contributed by atoms with Crippen LogP contribution in [0.4, 0.5) is 10.1 Å². The average Bonchev–Trinajstić information content (AvgIpc) is 2.85. The van der Waals surface area contributed by atoms with Crippen LogP contribution in [0, 0.1) is 5.82 Å². The molecule has 1 aliphatic carbocycles. The van der Waals surface area contributed by atoms with Gasteiger partial charge >= 0.3 is 0 Å². The fraction of sp³-hybridized carbons (Fsp3) is 0.0526. The molecule has 1 nitrogen and oxygen atoms in total. The van der Waals surface area contributed by atoms with Gasteiger partial charge in [0.05, 0.1) is 11.7 Å². The summed E-state index contributed by atoms with van der Waals surface area (Å²) in [5.74, 6) is -0.223. The van der Waals surface area contributed by atoms with E-state index in [4.69, 9.17) is 0 Å². The predicted molar refractivity (Wildman–Crippen MR) is 83.7 cm³/mol. The molecule has 0 spiro atoms. The van der Waals surface area contributed by atoms with Gasteiger partial charge in [-0.2, -0.15) is 0 Å². The molecular formula is C19H14FN. The third-order valence-corrected chi connectivity index (χ3v) is 4.01. The lowest BCUT2D eigenvalue weighted by atomic mass is 10.1. The van der Waals surface area contributed by atoms with Gasteiger partial charge in [-0.05, 0) is 34.4 Å². The van der Waals surface area contributed by atoms with Crippen LogP contribution in [0.2, 0.25) is 0 Å². The second kappa shape index (κ2) is 4.74. The summed E-state index contributed by atoms with van der Waals surface area (Å²) < 4.78 is 13.9. The minimum absolute atomic E-state index is 0.00528. The van der Waals surface area contributed by atoms with Gasteiger partial charge in [0.25, 0.3) is 0 Å². The Morgan fingerprint density at radius 2 is 1.19 bits per heavy atom. The first kappa shape index (κ1) is 12.2. The number of halogens is 1. The summed E-state index contributed by atoms with van der Waals surface area (Å²) in [4.78, 5) is 0. The van der Waals surface area contributed by atoms with Crippen molar-refractivity contribution in [3.63, 3.8) is 0 Å². The summed E-state index contributed by atoms with van der Waals surface area (Å²) in [5.41, 5.74) is 5.38. The summed E-state index contributed by atoms with van der Waals surface area (Å²) in [7, 11) is 0. The van der Waals surface area contributed by atoms with E-state index in [1.165, 1.54) is 28.3 Å². The lowest BCUT2D eigenvalue weighted by molar-refractivity contribution is 0.629. The number of nitrogens with one attached hydrogen (secondary N) is 1. The molecule has 3 aromatic rings. The highest BCUT2D eigenvalue weighted by molar-refractivity contribution is 5.80.